The van der Waals surface area contributed by atoms with Crippen LogP contribution in [0.5, 0.6) is 0 Å². The van der Waals surface area contributed by atoms with Crippen LogP contribution in [0.25, 0.3) is 0 Å². The van der Waals surface area contributed by atoms with E-state index in [1.54, 1.807) is 7.11 Å². The zero-order chi connectivity index (χ0) is 13.7. The van der Waals surface area contributed by atoms with Gasteiger partial charge in [0.25, 0.3) is 0 Å². The summed E-state index contributed by atoms with van der Waals surface area (Å²) >= 11 is 0. The zero-order valence-electron chi connectivity index (χ0n) is 11.6. The van der Waals surface area contributed by atoms with Gasteiger partial charge >= 0.3 is 5.97 Å². The van der Waals surface area contributed by atoms with Gasteiger partial charge in [0.15, 0.2) is 5.69 Å². The number of methoxy groups -OCH3 is 2. The fraction of sp³-hybridized carbons (Fsp3) is 0.769. The minimum absolute atomic E-state index is 0.272. The molecule has 0 unspecified atom stereocenters. The Morgan fingerprint density at radius 3 is 2.53 bits per heavy atom. The van der Waals surface area contributed by atoms with E-state index in [-0.39, 0.29) is 5.69 Å². The molecule has 6 nitrogen and oxygen atoms in total. The fourth-order valence-electron chi connectivity index (χ4n) is 2.64. The van der Waals surface area contributed by atoms with Crippen molar-refractivity contribution in [1.82, 2.24) is 15.0 Å². The average molecular weight is 267 g/mol. The van der Waals surface area contributed by atoms with Crippen LogP contribution < -0.4 is 0 Å². The van der Waals surface area contributed by atoms with Crippen LogP contribution in [0.15, 0.2) is 0 Å². The molecule has 0 N–H and O–H groups in total. The van der Waals surface area contributed by atoms with Crippen LogP contribution >= 0.6 is 0 Å². The molecule has 1 aliphatic rings. The Balaban J connectivity index is 2.27. The monoisotopic (exact) mass is 267 g/mol. The van der Waals surface area contributed by atoms with Crippen LogP contribution in [0.3, 0.4) is 0 Å². The van der Waals surface area contributed by atoms with E-state index in [1.807, 2.05) is 4.68 Å². The van der Waals surface area contributed by atoms with Crippen molar-refractivity contribution >= 4 is 5.97 Å². The van der Waals surface area contributed by atoms with E-state index >= 15 is 0 Å². The molecular weight excluding hydrogens is 246 g/mol. The zero-order valence-corrected chi connectivity index (χ0v) is 11.6. The maximum atomic E-state index is 11.7. The maximum Gasteiger partial charge on any atom is 0.360 e. The molecule has 1 aromatic heterocycles. The largest absolute Gasteiger partial charge is 0.464 e. The molecule has 1 fully saturated rings. The number of esters is 1. The predicted molar refractivity (Wildman–Crippen MR) is 68.8 cm³/mol. The minimum atomic E-state index is -0.452. The number of nitrogens with zero attached hydrogens (tertiary/aromatic N) is 3. The normalized spacial score (nSPS) is 17.2. The molecule has 6 heteroatoms. The number of hydrogen-bond acceptors (Lipinski definition) is 5. The third-order valence-corrected chi connectivity index (χ3v) is 3.62. The summed E-state index contributed by atoms with van der Waals surface area (Å²) in [7, 11) is 2.95. The van der Waals surface area contributed by atoms with E-state index in [9.17, 15) is 4.79 Å². The van der Waals surface area contributed by atoms with Gasteiger partial charge in [-0.25, -0.2) is 9.48 Å². The Morgan fingerprint density at radius 2 is 1.95 bits per heavy atom. The summed E-state index contributed by atoms with van der Waals surface area (Å²) < 4.78 is 11.8. The Bertz CT molecular complexity index is 423. The summed E-state index contributed by atoms with van der Waals surface area (Å²) in [5, 5.41) is 8.12. The first-order valence-electron chi connectivity index (χ1n) is 6.79. The number of aromatic nitrogens is 3. The van der Waals surface area contributed by atoms with Gasteiger partial charge in [-0.3, -0.25) is 0 Å². The molecule has 0 saturated heterocycles. The molecule has 106 valence electrons. The first-order chi connectivity index (χ1) is 9.27. The van der Waals surface area contributed by atoms with Gasteiger partial charge in [-0.15, -0.1) is 5.10 Å². The molecule has 0 amide bonds. The fourth-order valence-corrected chi connectivity index (χ4v) is 2.64. The topological polar surface area (TPSA) is 66.2 Å². The summed E-state index contributed by atoms with van der Waals surface area (Å²) in [6.45, 7) is 0.327. The lowest BCUT2D eigenvalue weighted by atomic mass is 10.1. The van der Waals surface area contributed by atoms with Crippen molar-refractivity contribution in [1.29, 1.82) is 0 Å². The highest BCUT2D eigenvalue weighted by Crippen LogP contribution is 2.28. The van der Waals surface area contributed by atoms with Crippen molar-refractivity contribution in [2.45, 2.75) is 51.2 Å². The third kappa shape index (κ3) is 3.12. The molecule has 0 atom stereocenters. The Morgan fingerprint density at radius 1 is 1.26 bits per heavy atom. The third-order valence-electron chi connectivity index (χ3n) is 3.62. The van der Waals surface area contributed by atoms with Crippen molar-refractivity contribution in [3.05, 3.63) is 11.4 Å². The van der Waals surface area contributed by atoms with Gasteiger partial charge in [-0.2, -0.15) is 0 Å². The van der Waals surface area contributed by atoms with E-state index in [0.29, 0.717) is 12.6 Å². The summed E-state index contributed by atoms with van der Waals surface area (Å²) in [5.41, 5.74) is 0.995. The van der Waals surface area contributed by atoms with Crippen molar-refractivity contribution in [3.8, 4) is 0 Å². The first-order valence-corrected chi connectivity index (χ1v) is 6.79. The van der Waals surface area contributed by atoms with E-state index in [4.69, 9.17) is 9.47 Å². The summed E-state index contributed by atoms with van der Waals surface area (Å²) in [4.78, 5) is 11.7. The van der Waals surface area contributed by atoms with Crippen molar-refractivity contribution in [2.24, 2.45) is 0 Å². The van der Waals surface area contributed by atoms with Crippen LogP contribution in [-0.2, 0) is 16.1 Å². The van der Waals surface area contributed by atoms with E-state index in [0.717, 1.165) is 18.5 Å². The molecule has 0 aliphatic heterocycles. The van der Waals surface area contributed by atoms with Gasteiger partial charge in [0.1, 0.15) is 0 Å². The molecule has 19 heavy (non-hydrogen) atoms. The lowest BCUT2D eigenvalue weighted by Gasteiger charge is -2.16. The standard InChI is InChI=1S/C13H21N3O3/c1-18-9-11-12(13(17)19-2)14-15-16(11)10-7-5-3-4-6-8-10/h10H,3-9H2,1-2H3. The van der Waals surface area contributed by atoms with E-state index in [1.165, 1.54) is 32.8 Å². The summed E-state index contributed by atoms with van der Waals surface area (Å²) in [6, 6.07) is 0.318. The number of rotatable bonds is 4. The van der Waals surface area contributed by atoms with Crippen molar-refractivity contribution in [3.63, 3.8) is 0 Å². The number of carbonyl (C=O) groups excluding carboxylic acids is 1. The van der Waals surface area contributed by atoms with Crippen molar-refractivity contribution in [2.75, 3.05) is 14.2 Å². The molecule has 2 rings (SSSR count). The molecular formula is C13H21N3O3. The molecule has 1 saturated carbocycles. The number of hydrogen-bond donors (Lipinski definition) is 0. The van der Waals surface area contributed by atoms with E-state index < -0.39 is 5.97 Å². The summed E-state index contributed by atoms with van der Waals surface area (Å²) in [5.74, 6) is -0.452. The molecule has 0 bridgehead atoms. The maximum absolute atomic E-state index is 11.7. The van der Waals surface area contributed by atoms with Crippen LogP contribution in [0.4, 0.5) is 0 Å². The van der Waals surface area contributed by atoms with Crippen LogP contribution in [0.1, 0.15) is 60.7 Å². The first kappa shape index (κ1) is 14.0. The second-order valence-electron chi connectivity index (χ2n) is 4.90. The molecule has 1 aromatic rings. The smallest absolute Gasteiger partial charge is 0.360 e. The minimum Gasteiger partial charge on any atom is -0.464 e. The van der Waals surface area contributed by atoms with Gasteiger partial charge in [-0.05, 0) is 12.8 Å². The van der Waals surface area contributed by atoms with Gasteiger partial charge in [-0.1, -0.05) is 30.9 Å². The number of carbonyl (C=O) groups is 1. The molecule has 1 heterocycles. The van der Waals surface area contributed by atoms with Gasteiger partial charge in [0.05, 0.1) is 25.5 Å². The van der Waals surface area contributed by atoms with Crippen LogP contribution in [0.2, 0.25) is 0 Å². The highest BCUT2D eigenvalue weighted by atomic mass is 16.5. The molecule has 1 aliphatic carbocycles. The van der Waals surface area contributed by atoms with Crippen molar-refractivity contribution < 1.29 is 14.3 Å². The van der Waals surface area contributed by atoms with E-state index in [2.05, 4.69) is 10.3 Å². The Labute approximate surface area is 113 Å². The average Bonchev–Trinajstić information content (AvgIpc) is 2.66. The van der Waals surface area contributed by atoms with Gasteiger partial charge < -0.3 is 9.47 Å². The molecule has 0 radical (unpaired) electrons. The second-order valence-corrected chi connectivity index (χ2v) is 4.90. The lowest BCUT2D eigenvalue weighted by molar-refractivity contribution is 0.0588. The number of ether oxygens (including phenoxy) is 2. The Hall–Kier alpha value is -1.43. The second kappa shape index (κ2) is 6.65. The predicted octanol–water partition coefficient (Wildman–Crippen LogP) is 2.11. The highest BCUT2D eigenvalue weighted by molar-refractivity contribution is 5.88. The Kier molecular flexibility index (Phi) is 4.90. The molecule has 0 aromatic carbocycles. The quantitative estimate of drug-likeness (QED) is 0.617. The SMILES string of the molecule is COCc1c(C(=O)OC)nnn1C1CCCCCC1. The van der Waals surface area contributed by atoms with Crippen LogP contribution in [-0.4, -0.2) is 35.2 Å². The van der Waals surface area contributed by atoms with Gasteiger partial charge in [0, 0.05) is 7.11 Å². The van der Waals surface area contributed by atoms with Gasteiger partial charge in [0.2, 0.25) is 0 Å². The van der Waals surface area contributed by atoms with Crippen LogP contribution in [0, 0.1) is 0 Å². The lowest BCUT2D eigenvalue weighted by Crippen LogP contribution is -2.15. The summed E-state index contributed by atoms with van der Waals surface area (Å²) in [6.07, 6.45) is 7.11. The highest BCUT2D eigenvalue weighted by Gasteiger charge is 2.25. The molecule has 0 spiro atoms.